The molecule has 1 nitrogen and oxygen atoms in total. The van der Waals surface area contributed by atoms with Gasteiger partial charge in [0.05, 0.1) is 12.7 Å². The van der Waals surface area contributed by atoms with Crippen molar-refractivity contribution in [2.24, 2.45) is 5.92 Å². The van der Waals surface area contributed by atoms with Gasteiger partial charge in [0.25, 0.3) is 0 Å². The standard InChI is InChI=1S/C13H26OS/c1-10(2)14-9-12-7-5-6-8-13(12)15-11(3)4/h10-13H,5-9H2,1-4H3. The molecule has 0 bridgehead atoms. The molecule has 1 fully saturated rings. The molecular weight excluding hydrogens is 204 g/mol. The number of thioether (sulfide) groups is 1. The van der Waals surface area contributed by atoms with Crippen LogP contribution in [0.15, 0.2) is 0 Å². The molecule has 90 valence electrons. The highest BCUT2D eigenvalue weighted by atomic mass is 32.2. The van der Waals surface area contributed by atoms with Crippen LogP contribution in [-0.2, 0) is 4.74 Å². The molecule has 0 aromatic heterocycles. The second kappa shape index (κ2) is 6.80. The van der Waals surface area contributed by atoms with Crippen molar-refractivity contribution in [3.8, 4) is 0 Å². The molecule has 2 heteroatoms. The summed E-state index contributed by atoms with van der Waals surface area (Å²) in [5.41, 5.74) is 0. The maximum absolute atomic E-state index is 5.78. The maximum Gasteiger partial charge on any atom is 0.0519 e. The Morgan fingerprint density at radius 3 is 2.40 bits per heavy atom. The summed E-state index contributed by atoms with van der Waals surface area (Å²) in [6, 6.07) is 0. The van der Waals surface area contributed by atoms with Crippen molar-refractivity contribution in [2.75, 3.05) is 6.61 Å². The van der Waals surface area contributed by atoms with Gasteiger partial charge in [-0.2, -0.15) is 11.8 Å². The molecule has 0 amide bonds. The van der Waals surface area contributed by atoms with Crippen LogP contribution in [0.3, 0.4) is 0 Å². The van der Waals surface area contributed by atoms with E-state index in [0.717, 1.165) is 23.0 Å². The van der Waals surface area contributed by atoms with Crippen LogP contribution in [0.25, 0.3) is 0 Å². The maximum atomic E-state index is 5.78. The zero-order valence-electron chi connectivity index (χ0n) is 10.7. The van der Waals surface area contributed by atoms with Gasteiger partial charge in [-0.15, -0.1) is 0 Å². The van der Waals surface area contributed by atoms with E-state index >= 15 is 0 Å². The first kappa shape index (κ1) is 13.4. The first-order valence-corrected chi connectivity index (χ1v) is 7.31. The normalized spacial score (nSPS) is 27.6. The van der Waals surface area contributed by atoms with Crippen molar-refractivity contribution in [2.45, 2.75) is 70.0 Å². The highest BCUT2D eigenvalue weighted by molar-refractivity contribution is 8.00. The van der Waals surface area contributed by atoms with Crippen molar-refractivity contribution in [3.05, 3.63) is 0 Å². The number of hydrogen-bond donors (Lipinski definition) is 0. The van der Waals surface area contributed by atoms with E-state index in [4.69, 9.17) is 4.74 Å². The zero-order valence-corrected chi connectivity index (χ0v) is 11.5. The molecule has 0 aliphatic heterocycles. The van der Waals surface area contributed by atoms with Crippen LogP contribution in [0, 0.1) is 5.92 Å². The summed E-state index contributed by atoms with van der Waals surface area (Å²) >= 11 is 2.16. The minimum Gasteiger partial charge on any atom is -0.378 e. The van der Waals surface area contributed by atoms with Gasteiger partial charge >= 0.3 is 0 Å². The van der Waals surface area contributed by atoms with Crippen LogP contribution in [0.5, 0.6) is 0 Å². The van der Waals surface area contributed by atoms with Crippen molar-refractivity contribution in [1.29, 1.82) is 0 Å². The lowest BCUT2D eigenvalue weighted by atomic mass is 9.89. The summed E-state index contributed by atoms with van der Waals surface area (Å²) in [4.78, 5) is 0. The molecule has 1 aliphatic rings. The largest absolute Gasteiger partial charge is 0.378 e. The molecule has 1 aliphatic carbocycles. The number of ether oxygens (including phenoxy) is 1. The minimum absolute atomic E-state index is 0.386. The van der Waals surface area contributed by atoms with E-state index < -0.39 is 0 Å². The van der Waals surface area contributed by atoms with Crippen molar-refractivity contribution in [3.63, 3.8) is 0 Å². The Balaban J connectivity index is 2.35. The average Bonchev–Trinajstić information content (AvgIpc) is 2.15. The molecule has 15 heavy (non-hydrogen) atoms. The van der Waals surface area contributed by atoms with Crippen LogP contribution < -0.4 is 0 Å². The summed E-state index contributed by atoms with van der Waals surface area (Å²) in [5, 5.41) is 1.60. The zero-order chi connectivity index (χ0) is 11.3. The van der Waals surface area contributed by atoms with E-state index in [-0.39, 0.29) is 0 Å². The van der Waals surface area contributed by atoms with Gasteiger partial charge in [0, 0.05) is 5.25 Å². The molecule has 0 saturated heterocycles. The lowest BCUT2D eigenvalue weighted by molar-refractivity contribution is 0.0432. The van der Waals surface area contributed by atoms with E-state index in [9.17, 15) is 0 Å². The summed E-state index contributed by atoms with van der Waals surface area (Å²) in [5.74, 6) is 0.800. The number of rotatable bonds is 5. The number of hydrogen-bond acceptors (Lipinski definition) is 2. The first-order valence-electron chi connectivity index (χ1n) is 6.36. The van der Waals surface area contributed by atoms with Gasteiger partial charge < -0.3 is 4.74 Å². The summed E-state index contributed by atoms with van der Waals surface area (Å²) in [6.07, 6.45) is 5.98. The summed E-state index contributed by atoms with van der Waals surface area (Å²) in [6.45, 7) is 9.85. The van der Waals surface area contributed by atoms with Gasteiger partial charge in [0.1, 0.15) is 0 Å². The second-order valence-electron chi connectivity index (χ2n) is 5.15. The van der Waals surface area contributed by atoms with Crippen LogP contribution >= 0.6 is 11.8 Å². The molecular formula is C13H26OS. The van der Waals surface area contributed by atoms with E-state index in [1.165, 1.54) is 25.7 Å². The molecule has 0 spiro atoms. The van der Waals surface area contributed by atoms with Gasteiger partial charge in [0.2, 0.25) is 0 Å². The monoisotopic (exact) mass is 230 g/mol. The van der Waals surface area contributed by atoms with Crippen molar-refractivity contribution < 1.29 is 4.74 Å². The van der Waals surface area contributed by atoms with Crippen molar-refractivity contribution in [1.82, 2.24) is 0 Å². The molecule has 0 radical (unpaired) electrons. The third-order valence-corrected chi connectivity index (χ3v) is 4.44. The first-order chi connectivity index (χ1) is 7.09. The highest BCUT2D eigenvalue weighted by Gasteiger charge is 2.26. The predicted octanol–water partition coefficient (Wildman–Crippen LogP) is 4.11. The van der Waals surface area contributed by atoms with E-state index in [0.29, 0.717) is 6.10 Å². The van der Waals surface area contributed by atoms with Gasteiger partial charge in [-0.3, -0.25) is 0 Å². The molecule has 1 saturated carbocycles. The Labute approximate surface area is 99.3 Å². The Kier molecular flexibility index (Phi) is 6.06. The molecule has 0 heterocycles. The molecule has 2 atom stereocenters. The van der Waals surface area contributed by atoms with Gasteiger partial charge in [-0.25, -0.2) is 0 Å². The molecule has 0 aromatic carbocycles. The van der Waals surface area contributed by atoms with Crippen LogP contribution in [0.1, 0.15) is 53.4 Å². The Morgan fingerprint density at radius 1 is 1.13 bits per heavy atom. The molecule has 0 aromatic rings. The Bertz CT molecular complexity index is 168. The lowest BCUT2D eigenvalue weighted by Gasteiger charge is -2.32. The van der Waals surface area contributed by atoms with Crippen molar-refractivity contribution >= 4 is 11.8 Å². The predicted molar refractivity (Wildman–Crippen MR) is 69.6 cm³/mol. The Hall–Kier alpha value is 0.310. The third kappa shape index (κ3) is 5.26. The van der Waals surface area contributed by atoms with E-state index in [2.05, 4.69) is 39.5 Å². The van der Waals surface area contributed by atoms with Gasteiger partial charge in [-0.05, 0) is 37.9 Å². The SMILES string of the molecule is CC(C)OCC1CCCCC1SC(C)C. The quantitative estimate of drug-likeness (QED) is 0.703. The second-order valence-corrected chi connectivity index (χ2v) is 6.97. The lowest BCUT2D eigenvalue weighted by Crippen LogP contribution is -2.28. The topological polar surface area (TPSA) is 9.23 Å². The van der Waals surface area contributed by atoms with Crippen LogP contribution in [-0.4, -0.2) is 23.2 Å². The fourth-order valence-corrected chi connectivity index (χ4v) is 3.65. The van der Waals surface area contributed by atoms with Gasteiger partial charge in [-0.1, -0.05) is 26.7 Å². The molecule has 2 unspecified atom stereocenters. The minimum atomic E-state index is 0.386. The van der Waals surface area contributed by atoms with Crippen LogP contribution in [0.4, 0.5) is 0 Å². The Morgan fingerprint density at radius 2 is 1.80 bits per heavy atom. The van der Waals surface area contributed by atoms with E-state index in [1.807, 2.05) is 0 Å². The summed E-state index contributed by atoms with van der Waals surface area (Å²) < 4.78 is 5.78. The molecule has 0 N–H and O–H groups in total. The fourth-order valence-electron chi connectivity index (χ4n) is 2.21. The molecule has 1 rings (SSSR count). The summed E-state index contributed by atoms with van der Waals surface area (Å²) in [7, 11) is 0. The smallest absolute Gasteiger partial charge is 0.0519 e. The third-order valence-electron chi connectivity index (χ3n) is 2.93. The van der Waals surface area contributed by atoms with Gasteiger partial charge in [0.15, 0.2) is 0 Å². The average molecular weight is 230 g/mol. The fraction of sp³-hybridized carbons (Fsp3) is 1.00. The highest BCUT2D eigenvalue weighted by Crippen LogP contribution is 2.35. The van der Waals surface area contributed by atoms with E-state index in [1.54, 1.807) is 0 Å². The van der Waals surface area contributed by atoms with Crippen LogP contribution in [0.2, 0.25) is 0 Å².